The number of esters is 2. The number of nitrogens with one attached hydrogen (secondary N) is 1. The van der Waals surface area contributed by atoms with Gasteiger partial charge in [0.25, 0.3) is 0 Å². The zero-order valence-electron chi connectivity index (χ0n) is 11.6. The minimum atomic E-state index is -0.438. The van der Waals surface area contributed by atoms with Crippen molar-refractivity contribution in [3.05, 3.63) is 42.5 Å². The Morgan fingerprint density at radius 1 is 1.15 bits per heavy atom. The van der Waals surface area contributed by atoms with Crippen LogP contribution in [0.5, 0.6) is 0 Å². The third-order valence-corrected chi connectivity index (χ3v) is 2.59. The lowest BCUT2D eigenvalue weighted by Crippen LogP contribution is -2.08. The number of carbonyl (C=O) groups is 2. The Kier molecular flexibility index (Phi) is 6.89. The van der Waals surface area contributed by atoms with Gasteiger partial charge in [-0.1, -0.05) is 6.58 Å². The van der Waals surface area contributed by atoms with Crippen LogP contribution in [0.2, 0.25) is 0 Å². The largest absolute Gasteiger partial charge is 0.463 e. The molecule has 0 saturated heterocycles. The molecule has 1 aromatic rings. The topological polar surface area (TPSA) is 64.6 Å². The van der Waals surface area contributed by atoms with Gasteiger partial charge in [-0.15, -0.1) is 0 Å². The van der Waals surface area contributed by atoms with Crippen LogP contribution >= 0.6 is 0 Å². The number of hydrogen-bond acceptors (Lipinski definition) is 5. The van der Waals surface area contributed by atoms with Crippen molar-refractivity contribution < 1.29 is 19.1 Å². The Morgan fingerprint density at radius 2 is 1.75 bits per heavy atom. The summed E-state index contributed by atoms with van der Waals surface area (Å²) in [5.74, 6) is -0.789. The summed E-state index contributed by atoms with van der Waals surface area (Å²) in [5, 5.41) is 2.97. The highest BCUT2D eigenvalue weighted by Gasteiger charge is 2.06. The normalized spacial score (nSPS) is 9.65. The Morgan fingerprint density at radius 3 is 2.30 bits per heavy atom. The van der Waals surface area contributed by atoms with Crippen molar-refractivity contribution in [2.24, 2.45) is 0 Å². The van der Waals surface area contributed by atoms with Crippen LogP contribution in [0.15, 0.2) is 36.9 Å². The SMILES string of the molecule is C=CC(=O)OCCCCOC(=O)c1ccc(NC)cc1. The van der Waals surface area contributed by atoms with Crippen molar-refractivity contribution >= 4 is 17.6 Å². The second-order valence-electron chi connectivity index (χ2n) is 4.04. The molecular formula is C15H19NO4. The number of unbranched alkanes of at least 4 members (excludes halogenated alkanes) is 1. The van der Waals surface area contributed by atoms with Crippen molar-refractivity contribution in [3.63, 3.8) is 0 Å². The van der Waals surface area contributed by atoms with Crippen LogP contribution in [-0.4, -0.2) is 32.2 Å². The average Bonchev–Trinajstić information content (AvgIpc) is 2.50. The first kappa shape index (κ1) is 15.8. The summed E-state index contributed by atoms with van der Waals surface area (Å²) in [6.07, 6.45) is 2.41. The van der Waals surface area contributed by atoms with E-state index in [1.807, 2.05) is 19.2 Å². The number of hydrogen-bond donors (Lipinski definition) is 1. The third kappa shape index (κ3) is 5.56. The first-order chi connectivity index (χ1) is 9.67. The average molecular weight is 277 g/mol. The van der Waals surface area contributed by atoms with E-state index in [4.69, 9.17) is 9.47 Å². The van der Waals surface area contributed by atoms with E-state index < -0.39 is 5.97 Å². The van der Waals surface area contributed by atoms with Crippen molar-refractivity contribution in [3.8, 4) is 0 Å². The van der Waals surface area contributed by atoms with Crippen LogP contribution in [0.3, 0.4) is 0 Å². The zero-order chi connectivity index (χ0) is 14.8. The summed E-state index contributed by atoms with van der Waals surface area (Å²) >= 11 is 0. The lowest BCUT2D eigenvalue weighted by molar-refractivity contribution is -0.137. The summed E-state index contributed by atoms with van der Waals surface area (Å²) in [6, 6.07) is 7.04. The van der Waals surface area contributed by atoms with E-state index in [0.29, 0.717) is 31.6 Å². The number of carbonyl (C=O) groups excluding carboxylic acids is 2. The molecule has 108 valence electrons. The van der Waals surface area contributed by atoms with Crippen LogP contribution in [-0.2, 0) is 14.3 Å². The minimum Gasteiger partial charge on any atom is -0.463 e. The standard InChI is InChI=1S/C15H19NO4/c1-3-14(17)19-10-4-5-11-20-15(18)12-6-8-13(16-2)9-7-12/h3,6-9,16H,1,4-5,10-11H2,2H3. The molecule has 5 nitrogen and oxygen atoms in total. The van der Waals surface area contributed by atoms with Crippen molar-refractivity contribution in [1.82, 2.24) is 0 Å². The maximum Gasteiger partial charge on any atom is 0.338 e. The van der Waals surface area contributed by atoms with Gasteiger partial charge in [0.05, 0.1) is 18.8 Å². The molecule has 0 spiro atoms. The Balaban J connectivity index is 2.19. The fraction of sp³-hybridized carbons (Fsp3) is 0.333. The van der Waals surface area contributed by atoms with E-state index in [1.54, 1.807) is 12.1 Å². The molecule has 0 bridgehead atoms. The Hall–Kier alpha value is -2.30. The van der Waals surface area contributed by atoms with Gasteiger partial charge in [-0.3, -0.25) is 0 Å². The predicted octanol–water partition coefficient (Wildman–Crippen LogP) is 2.39. The van der Waals surface area contributed by atoms with E-state index in [0.717, 1.165) is 11.8 Å². The quantitative estimate of drug-likeness (QED) is 0.449. The summed E-state index contributed by atoms with van der Waals surface area (Å²) in [5.41, 5.74) is 1.45. The molecule has 0 aromatic heterocycles. The van der Waals surface area contributed by atoms with Gasteiger partial charge in [0.2, 0.25) is 0 Å². The molecule has 0 amide bonds. The molecule has 0 fully saturated rings. The van der Waals surface area contributed by atoms with Gasteiger partial charge in [-0.05, 0) is 37.1 Å². The van der Waals surface area contributed by atoms with Crippen LogP contribution < -0.4 is 5.32 Å². The fourth-order valence-corrected chi connectivity index (χ4v) is 1.46. The molecule has 0 aliphatic carbocycles. The van der Waals surface area contributed by atoms with Gasteiger partial charge in [-0.2, -0.15) is 0 Å². The van der Waals surface area contributed by atoms with Gasteiger partial charge >= 0.3 is 11.9 Å². The molecule has 5 heteroatoms. The maximum absolute atomic E-state index is 11.7. The van der Waals surface area contributed by atoms with Gasteiger partial charge in [0.1, 0.15) is 0 Å². The first-order valence-corrected chi connectivity index (χ1v) is 6.41. The van der Waals surface area contributed by atoms with Crippen molar-refractivity contribution in [1.29, 1.82) is 0 Å². The number of rotatable bonds is 8. The highest BCUT2D eigenvalue weighted by molar-refractivity contribution is 5.89. The van der Waals surface area contributed by atoms with E-state index in [1.165, 1.54) is 0 Å². The minimum absolute atomic E-state index is 0.304. The number of benzene rings is 1. The van der Waals surface area contributed by atoms with Crippen LogP contribution in [0.1, 0.15) is 23.2 Å². The van der Waals surface area contributed by atoms with Crippen molar-refractivity contribution in [2.45, 2.75) is 12.8 Å². The second kappa shape index (κ2) is 8.74. The van der Waals surface area contributed by atoms with E-state index in [2.05, 4.69) is 11.9 Å². The molecule has 0 heterocycles. The molecule has 1 aromatic carbocycles. The van der Waals surface area contributed by atoms with E-state index in [-0.39, 0.29) is 5.97 Å². The second-order valence-corrected chi connectivity index (χ2v) is 4.04. The summed E-state index contributed by atoms with van der Waals surface area (Å²) in [7, 11) is 1.81. The molecule has 0 radical (unpaired) electrons. The zero-order valence-corrected chi connectivity index (χ0v) is 11.6. The Labute approximate surface area is 118 Å². The van der Waals surface area contributed by atoms with Crippen LogP contribution in [0, 0.1) is 0 Å². The first-order valence-electron chi connectivity index (χ1n) is 6.41. The number of anilines is 1. The van der Waals surface area contributed by atoms with E-state index in [9.17, 15) is 9.59 Å². The van der Waals surface area contributed by atoms with Crippen LogP contribution in [0.25, 0.3) is 0 Å². The molecule has 0 saturated carbocycles. The molecule has 0 atom stereocenters. The molecular weight excluding hydrogens is 258 g/mol. The van der Waals surface area contributed by atoms with Gasteiger partial charge in [-0.25, -0.2) is 9.59 Å². The number of ether oxygens (including phenoxy) is 2. The smallest absolute Gasteiger partial charge is 0.338 e. The van der Waals surface area contributed by atoms with Gasteiger partial charge in [0, 0.05) is 18.8 Å². The summed E-state index contributed by atoms with van der Waals surface area (Å²) < 4.78 is 9.92. The highest BCUT2D eigenvalue weighted by Crippen LogP contribution is 2.09. The van der Waals surface area contributed by atoms with Crippen molar-refractivity contribution in [2.75, 3.05) is 25.6 Å². The predicted molar refractivity (Wildman–Crippen MR) is 76.7 cm³/mol. The highest BCUT2D eigenvalue weighted by atomic mass is 16.5. The molecule has 0 unspecified atom stereocenters. The van der Waals surface area contributed by atoms with Gasteiger partial charge < -0.3 is 14.8 Å². The lowest BCUT2D eigenvalue weighted by Gasteiger charge is -2.06. The summed E-state index contributed by atoms with van der Waals surface area (Å²) in [6.45, 7) is 3.91. The summed E-state index contributed by atoms with van der Waals surface area (Å²) in [4.78, 5) is 22.4. The molecule has 1 rings (SSSR count). The lowest BCUT2D eigenvalue weighted by atomic mass is 10.2. The third-order valence-electron chi connectivity index (χ3n) is 2.59. The maximum atomic E-state index is 11.7. The van der Waals surface area contributed by atoms with Crippen LogP contribution in [0.4, 0.5) is 5.69 Å². The molecule has 1 N–H and O–H groups in total. The molecule has 20 heavy (non-hydrogen) atoms. The molecule has 0 aliphatic heterocycles. The molecule has 0 aliphatic rings. The Bertz CT molecular complexity index is 453. The fourth-order valence-electron chi connectivity index (χ4n) is 1.46. The van der Waals surface area contributed by atoms with Gasteiger partial charge in [0.15, 0.2) is 0 Å². The monoisotopic (exact) mass is 277 g/mol. The van der Waals surface area contributed by atoms with E-state index >= 15 is 0 Å².